The molecule has 0 saturated heterocycles. The summed E-state index contributed by atoms with van der Waals surface area (Å²) in [4.78, 5) is 13.4. The van der Waals surface area contributed by atoms with E-state index in [1.165, 1.54) is 5.56 Å². The zero-order valence-electron chi connectivity index (χ0n) is 8.45. The quantitative estimate of drug-likeness (QED) is 0.722. The number of rotatable bonds is 1. The zero-order chi connectivity index (χ0) is 10.1. The Morgan fingerprint density at radius 2 is 2.07 bits per heavy atom. The summed E-state index contributed by atoms with van der Waals surface area (Å²) in [5.41, 5.74) is 2.21. The molecule has 0 radical (unpaired) electrons. The summed E-state index contributed by atoms with van der Waals surface area (Å²) in [6, 6.07) is 8.19. The summed E-state index contributed by atoms with van der Waals surface area (Å²) in [7, 11) is 0. The van der Waals surface area contributed by atoms with Gasteiger partial charge in [-0.05, 0) is 25.5 Å². The Morgan fingerprint density at radius 1 is 1.36 bits per heavy atom. The molecule has 1 aliphatic heterocycles. The minimum Gasteiger partial charge on any atom is -0.334 e. The highest BCUT2D eigenvalue weighted by molar-refractivity contribution is 5.95. The molecule has 1 aromatic carbocycles. The average molecular weight is 190 g/mol. The van der Waals surface area contributed by atoms with E-state index in [0.717, 1.165) is 5.69 Å². The van der Waals surface area contributed by atoms with Gasteiger partial charge in [0.25, 0.3) is 0 Å². The third-order valence-electron chi connectivity index (χ3n) is 2.42. The smallest absolute Gasteiger partial charge is 0.322 e. The maximum absolute atomic E-state index is 11.6. The number of carbonyl (C=O) groups excluding carboxylic acids is 1. The van der Waals surface area contributed by atoms with E-state index < -0.39 is 0 Å². The number of para-hydroxylation sites is 1. The molecule has 14 heavy (non-hydrogen) atoms. The molecule has 2 rings (SSSR count). The van der Waals surface area contributed by atoms with Crippen LogP contribution in [0, 0.1) is 0 Å². The first kappa shape index (κ1) is 9.06. The summed E-state index contributed by atoms with van der Waals surface area (Å²) in [6.07, 6.45) is 0. The number of hydrogen-bond acceptors (Lipinski definition) is 1. The van der Waals surface area contributed by atoms with Gasteiger partial charge in [0.2, 0.25) is 0 Å². The van der Waals surface area contributed by atoms with Gasteiger partial charge in [0, 0.05) is 12.6 Å². The number of fused-ring (bicyclic) bond motifs is 1. The molecule has 1 aromatic rings. The molecule has 1 aliphatic rings. The lowest BCUT2D eigenvalue weighted by Crippen LogP contribution is -2.47. The lowest BCUT2D eigenvalue weighted by Gasteiger charge is -2.32. The van der Waals surface area contributed by atoms with Crippen LogP contribution >= 0.6 is 0 Å². The molecule has 1 heterocycles. The van der Waals surface area contributed by atoms with Crippen molar-refractivity contribution in [1.29, 1.82) is 0 Å². The number of urea groups is 1. The largest absolute Gasteiger partial charge is 0.334 e. The van der Waals surface area contributed by atoms with E-state index in [0.29, 0.717) is 6.54 Å². The van der Waals surface area contributed by atoms with Crippen molar-refractivity contribution in [3.05, 3.63) is 29.8 Å². The number of anilines is 1. The third kappa shape index (κ3) is 1.35. The first-order valence-electron chi connectivity index (χ1n) is 4.85. The molecule has 74 valence electrons. The number of benzene rings is 1. The highest BCUT2D eigenvalue weighted by Gasteiger charge is 2.24. The van der Waals surface area contributed by atoms with Crippen LogP contribution in [0.5, 0.6) is 0 Å². The molecular weight excluding hydrogens is 176 g/mol. The Balaban J connectivity index is 2.46. The Bertz CT molecular complexity index is 360. The van der Waals surface area contributed by atoms with Crippen molar-refractivity contribution in [3.63, 3.8) is 0 Å². The summed E-state index contributed by atoms with van der Waals surface area (Å²) in [5, 5.41) is 2.86. The highest BCUT2D eigenvalue weighted by atomic mass is 16.2. The maximum atomic E-state index is 11.6. The second-order valence-electron chi connectivity index (χ2n) is 3.75. The van der Waals surface area contributed by atoms with Crippen molar-refractivity contribution in [3.8, 4) is 0 Å². The fraction of sp³-hybridized carbons (Fsp3) is 0.364. The molecule has 0 bridgehead atoms. The molecule has 2 amide bonds. The van der Waals surface area contributed by atoms with Crippen LogP contribution in [0.2, 0.25) is 0 Å². The van der Waals surface area contributed by atoms with Gasteiger partial charge in [-0.2, -0.15) is 0 Å². The molecule has 0 spiro atoms. The van der Waals surface area contributed by atoms with E-state index in [4.69, 9.17) is 0 Å². The van der Waals surface area contributed by atoms with Crippen LogP contribution in [-0.2, 0) is 6.54 Å². The van der Waals surface area contributed by atoms with Gasteiger partial charge in [0.15, 0.2) is 0 Å². The molecule has 0 atom stereocenters. The second-order valence-corrected chi connectivity index (χ2v) is 3.75. The van der Waals surface area contributed by atoms with Crippen LogP contribution in [-0.4, -0.2) is 12.1 Å². The Hall–Kier alpha value is -1.51. The van der Waals surface area contributed by atoms with Gasteiger partial charge < -0.3 is 5.32 Å². The van der Waals surface area contributed by atoms with E-state index >= 15 is 0 Å². The summed E-state index contributed by atoms with van der Waals surface area (Å²) in [6.45, 7) is 4.67. The lowest BCUT2D eigenvalue weighted by atomic mass is 10.1. The van der Waals surface area contributed by atoms with Gasteiger partial charge in [-0.1, -0.05) is 18.2 Å². The van der Waals surface area contributed by atoms with E-state index in [-0.39, 0.29) is 12.1 Å². The SMILES string of the molecule is CC(C)N1C(=O)NCc2ccccc21. The van der Waals surface area contributed by atoms with Crippen molar-refractivity contribution < 1.29 is 4.79 Å². The van der Waals surface area contributed by atoms with Crippen molar-refractivity contribution >= 4 is 11.7 Å². The van der Waals surface area contributed by atoms with E-state index in [1.807, 2.05) is 38.1 Å². The zero-order valence-corrected chi connectivity index (χ0v) is 8.45. The monoisotopic (exact) mass is 190 g/mol. The Labute approximate surface area is 83.7 Å². The molecular formula is C11H14N2O. The van der Waals surface area contributed by atoms with Crippen LogP contribution in [0.3, 0.4) is 0 Å². The van der Waals surface area contributed by atoms with E-state index in [9.17, 15) is 4.79 Å². The minimum atomic E-state index is -0.00120. The maximum Gasteiger partial charge on any atom is 0.322 e. The van der Waals surface area contributed by atoms with Crippen LogP contribution in [0.25, 0.3) is 0 Å². The molecule has 0 unspecified atom stereocenters. The van der Waals surface area contributed by atoms with Crippen molar-refractivity contribution in [2.75, 3.05) is 4.90 Å². The van der Waals surface area contributed by atoms with Crippen LogP contribution < -0.4 is 10.2 Å². The molecule has 0 fully saturated rings. The Kier molecular flexibility index (Phi) is 2.15. The van der Waals surface area contributed by atoms with Gasteiger partial charge >= 0.3 is 6.03 Å². The predicted molar refractivity (Wildman–Crippen MR) is 56.3 cm³/mol. The average Bonchev–Trinajstić information content (AvgIpc) is 2.17. The highest BCUT2D eigenvalue weighted by Crippen LogP contribution is 2.25. The lowest BCUT2D eigenvalue weighted by molar-refractivity contribution is 0.243. The molecule has 0 aromatic heterocycles. The second kappa shape index (κ2) is 3.33. The van der Waals surface area contributed by atoms with Crippen LogP contribution in [0.4, 0.5) is 10.5 Å². The topological polar surface area (TPSA) is 32.3 Å². The fourth-order valence-corrected chi connectivity index (χ4v) is 1.77. The van der Waals surface area contributed by atoms with Gasteiger partial charge in [-0.3, -0.25) is 4.90 Å². The van der Waals surface area contributed by atoms with Gasteiger partial charge in [0.05, 0.1) is 5.69 Å². The van der Waals surface area contributed by atoms with Crippen molar-refractivity contribution in [2.45, 2.75) is 26.4 Å². The molecule has 3 nitrogen and oxygen atoms in total. The van der Waals surface area contributed by atoms with Crippen molar-refractivity contribution in [1.82, 2.24) is 5.32 Å². The molecule has 1 N–H and O–H groups in total. The van der Waals surface area contributed by atoms with Gasteiger partial charge in [-0.25, -0.2) is 4.79 Å². The van der Waals surface area contributed by atoms with Crippen LogP contribution in [0.1, 0.15) is 19.4 Å². The molecule has 3 heteroatoms. The Morgan fingerprint density at radius 3 is 2.79 bits per heavy atom. The van der Waals surface area contributed by atoms with E-state index in [2.05, 4.69) is 5.32 Å². The fourth-order valence-electron chi connectivity index (χ4n) is 1.77. The van der Waals surface area contributed by atoms with Crippen LogP contribution in [0.15, 0.2) is 24.3 Å². The molecule has 0 saturated carbocycles. The number of nitrogens with one attached hydrogen (secondary N) is 1. The third-order valence-corrected chi connectivity index (χ3v) is 2.42. The van der Waals surface area contributed by atoms with Gasteiger partial charge in [0.1, 0.15) is 0 Å². The first-order chi connectivity index (χ1) is 6.70. The minimum absolute atomic E-state index is 0.00120. The summed E-state index contributed by atoms with van der Waals surface area (Å²) in [5.74, 6) is 0. The number of hydrogen-bond donors (Lipinski definition) is 1. The summed E-state index contributed by atoms with van der Waals surface area (Å²) >= 11 is 0. The van der Waals surface area contributed by atoms with Crippen molar-refractivity contribution in [2.24, 2.45) is 0 Å². The number of amides is 2. The predicted octanol–water partition coefficient (Wildman–Crippen LogP) is 2.12. The number of nitrogens with zero attached hydrogens (tertiary/aromatic N) is 1. The summed E-state index contributed by atoms with van der Waals surface area (Å²) < 4.78 is 0. The normalized spacial score (nSPS) is 15.4. The van der Waals surface area contributed by atoms with E-state index in [1.54, 1.807) is 4.90 Å². The molecule has 0 aliphatic carbocycles. The standard InChI is InChI=1S/C11H14N2O/c1-8(2)13-10-6-4-3-5-9(10)7-12-11(13)14/h3-6,8H,7H2,1-2H3,(H,12,14). The first-order valence-corrected chi connectivity index (χ1v) is 4.85. The van der Waals surface area contributed by atoms with Gasteiger partial charge in [-0.15, -0.1) is 0 Å². The number of carbonyl (C=O) groups is 1.